The van der Waals surface area contributed by atoms with Crippen molar-refractivity contribution in [3.8, 4) is 0 Å². The van der Waals surface area contributed by atoms with Crippen molar-refractivity contribution in [2.75, 3.05) is 0 Å². The van der Waals surface area contributed by atoms with E-state index in [1.165, 1.54) is 5.82 Å². The summed E-state index contributed by atoms with van der Waals surface area (Å²) in [5.74, 6) is 1.23. The maximum absolute atomic E-state index is 10.7. The van der Waals surface area contributed by atoms with E-state index in [1.54, 1.807) is 0 Å². The van der Waals surface area contributed by atoms with Crippen LogP contribution < -0.4 is 4.57 Å². The minimum Gasteiger partial charge on any atom is -0.741 e. The molecule has 104 valence electrons. The first kappa shape index (κ1) is 15.2. The van der Waals surface area contributed by atoms with Crippen LogP contribution in [0.4, 0.5) is 13.2 Å². The predicted octanol–water partition coefficient (Wildman–Crippen LogP) is 0.134. The number of aryl methyl sites for hydroxylation is 2. The van der Waals surface area contributed by atoms with Gasteiger partial charge in [0.15, 0.2) is 10.1 Å². The fraction of sp³-hybridized carbons (Fsp3) is 0.714. The van der Waals surface area contributed by atoms with E-state index in [0.29, 0.717) is 5.25 Å². The average Bonchev–Trinajstić information content (AvgIpc) is 2.70. The SMILES string of the molecule is Cn1nc[n+]2c1C(S)CC2.O=S(=O)([O-])C(F)(F)F. The lowest BCUT2D eigenvalue weighted by Crippen LogP contribution is -2.30. The molecule has 0 fully saturated rings. The van der Waals surface area contributed by atoms with Gasteiger partial charge in [-0.1, -0.05) is 0 Å². The summed E-state index contributed by atoms with van der Waals surface area (Å²) in [4.78, 5) is 0. The minimum atomic E-state index is -6.09. The van der Waals surface area contributed by atoms with E-state index < -0.39 is 15.6 Å². The van der Waals surface area contributed by atoms with Gasteiger partial charge >= 0.3 is 5.51 Å². The highest BCUT2D eigenvalue weighted by Gasteiger charge is 2.36. The number of nitrogens with zero attached hydrogens (tertiary/aromatic N) is 3. The first-order chi connectivity index (χ1) is 8.04. The second-order valence-electron chi connectivity index (χ2n) is 3.51. The number of fused-ring (bicyclic) bond motifs is 1. The van der Waals surface area contributed by atoms with E-state index in [1.807, 2.05) is 18.1 Å². The Kier molecular flexibility index (Phi) is 4.28. The number of aromatic nitrogens is 3. The molecule has 0 bridgehead atoms. The topological polar surface area (TPSA) is 78.9 Å². The third-order valence-corrected chi connectivity index (χ3v) is 3.27. The van der Waals surface area contributed by atoms with E-state index in [4.69, 9.17) is 13.0 Å². The molecular weight excluding hydrogens is 295 g/mol. The third kappa shape index (κ3) is 3.36. The Morgan fingerprint density at radius 1 is 1.61 bits per heavy atom. The van der Waals surface area contributed by atoms with Crippen molar-refractivity contribution in [2.45, 2.75) is 23.7 Å². The number of hydrogen-bond acceptors (Lipinski definition) is 5. The molecule has 6 nitrogen and oxygen atoms in total. The van der Waals surface area contributed by atoms with Gasteiger partial charge in [0.05, 0.1) is 18.8 Å². The molecule has 0 N–H and O–H groups in total. The van der Waals surface area contributed by atoms with Crippen molar-refractivity contribution in [1.29, 1.82) is 0 Å². The molecule has 1 aliphatic rings. The molecule has 0 spiro atoms. The summed E-state index contributed by atoms with van der Waals surface area (Å²) in [6, 6.07) is 0. The lowest BCUT2D eigenvalue weighted by molar-refractivity contribution is -0.691. The van der Waals surface area contributed by atoms with Crippen LogP contribution in [-0.4, -0.2) is 28.3 Å². The Hall–Kier alpha value is -0.810. The fourth-order valence-corrected chi connectivity index (χ4v) is 1.84. The zero-order valence-corrected chi connectivity index (χ0v) is 10.8. The maximum atomic E-state index is 10.7. The van der Waals surface area contributed by atoms with Crippen LogP contribution >= 0.6 is 12.6 Å². The summed E-state index contributed by atoms with van der Waals surface area (Å²) in [5.41, 5.74) is -5.65. The quantitative estimate of drug-likeness (QED) is 0.320. The normalized spacial score (nSPS) is 19.1. The van der Waals surface area contributed by atoms with Crippen LogP contribution in [0, 0.1) is 0 Å². The van der Waals surface area contributed by atoms with E-state index in [2.05, 4.69) is 22.3 Å². The van der Waals surface area contributed by atoms with E-state index in [0.717, 1.165) is 13.0 Å². The second-order valence-corrected chi connectivity index (χ2v) is 5.50. The molecule has 1 aliphatic heterocycles. The molecule has 0 aromatic carbocycles. The van der Waals surface area contributed by atoms with E-state index in [-0.39, 0.29) is 0 Å². The van der Waals surface area contributed by atoms with Crippen LogP contribution in [0.3, 0.4) is 0 Å². The van der Waals surface area contributed by atoms with Gasteiger partial charge in [0.1, 0.15) is 0 Å². The van der Waals surface area contributed by atoms with Gasteiger partial charge in [-0.25, -0.2) is 13.0 Å². The van der Waals surface area contributed by atoms with Crippen LogP contribution in [0.15, 0.2) is 6.33 Å². The van der Waals surface area contributed by atoms with Crippen LogP contribution in [0.5, 0.6) is 0 Å². The third-order valence-electron chi connectivity index (χ3n) is 2.22. The fourth-order valence-electron chi connectivity index (χ4n) is 1.41. The molecule has 1 unspecified atom stereocenters. The van der Waals surface area contributed by atoms with Gasteiger partial charge in [0.2, 0.25) is 5.82 Å². The van der Waals surface area contributed by atoms with Crippen LogP contribution in [-0.2, 0) is 23.7 Å². The van der Waals surface area contributed by atoms with Gasteiger partial charge in [-0.2, -0.15) is 25.8 Å². The van der Waals surface area contributed by atoms with Gasteiger partial charge in [-0.3, -0.25) is 0 Å². The number of rotatable bonds is 0. The highest BCUT2D eigenvalue weighted by Crippen LogP contribution is 2.24. The molecule has 2 rings (SSSR count). The molecule has 1 aromatic rings. The maximum Gasteiger partial charge on any atom is 0.485 e. The molecule has 0 amide bonds. The number of hydrogen-bond donors (Lipinski definition) is 1. The highest BCUT2D eigenvalue weighted by atomic mass is 32.2. The Balaban J connectivity index is 0.000000187. The molecule has 0 saturated heterocycles. The van der Waals surface area contributed by atoms with Crippen LogP contribution in [0.2, 0.25) is 0 Å². The van der Waals surface area contributed by atoms with Crippen LogP contribution in [0.25, 0.3) is 0 Å². The Labute approximate surface area is 107 Å². The monoisotopic (exact) mass is 305 g/mol. The minimum absolute atomic E-state index is 0.382. The standard InChI is InChI=1S/C6H9N3S.CHF3O3S/c1-8-6-5(10)2-3-9(6)4-7-8;2-1(3,4)8(5,6)7/h4-5H,2-3H2,1H3;(H,5,6,7). The van der Waals surface area contributed by atoms with Gasteiger partial charge in [0.25, 0.3) is 6.33 Å². The molecule has 2 heterocycles. The zero-order chi connectivity index (χ0) is 14.1. The molecule has 11 heteroatoms. The Morgan fingerprint density at radius 3 is 2.50 bits per heavy atom. The van der Waals surface area contributed by atoms with Gasteiger partial charge < -0.3 is 4.55 Å². The van der Waals surface area contributed by atoms with Gasteiger partial charge in [-0.15, -0.1) is 4.68 Å². The molecule has 0 aliphatic carbocycles. The summed E-state index contributed by atoms with van der Waals surface area (Å²) < 4.78 is 62.9. The summed E-state index contributed by atoms with van der Waals surface area (Å²) in [6.07, 6.45) is 3.00. The Morgan fingerprint density at radius 2 is 2.11 bits per heavy atom. The van der Waals surface area contributed by atoms with Crippen molar-refractivity contribution in [1.82, 2.24) is 9.78 Å². The molecule has 1 atom stereocenters. The molecule has 18 heavy (non-hydrogen) atoms. The van der Waals surface area contributed by atoms with E-state index in [9.17, 15) is 13.2 Å². The van der Waals surface area contributed by atoms with Crippen molar-refractivity contribution >= 4 is 22.7 Å². The zero-order valence-electron chi connectivity index (χ0n) is 9.12. The molecule has 1 aromatic heterocycles. The first-order valence-corrected chi connectivity index (χ1v) is 6.58. The van der Waals surface area contributed by atoms with Gasteiger partial charge in [-0.05, 0) is 0 Å². The van der Waals surface area contributed by atoms with Crippen molar-refractivity contribution < 1.29 is 30.7 Å². The van der Waals surface area contributed by atoms with Gasteiger partial charge in [0, 0.05) is 11.5 Å². The number of alkyl halides is 3. The summed E-state index contributed by atoms with van der Waals surface area (Å²) in [5, 5.41) is 4.50. The number of thiol groups is 1. The predicted molar refractivity (Wildman–Crippen MR) is 55.5 cm³/mol. The van der Waals surface area contributed by atoms with Crippen molar-refractivity contribution in [3.05, 3.63) is 12.2 Å². The summed E-state index contributed by atoms with van der Waals surface area (Å²) >= 11 is 4.43. The van der Waals surface area contributed by atoms with Crippen molar-refractivity contribution in [3.63, 3.8) is 0 Å². The highest BCUT2D eigenvalue weighted by molar-refractivity contribution is 7.86. The lowest BCUT2D eigenvalue weighted by atomic mass is 10.3. The summed E-state index contributed by atoms with van der Waals surface area (Å²) in [6.45, 7) is 1.07. The van der Waals surface area contributed by atoms with E-state index >= 15 is 0 Å². The molecular formula is C7H10F3N3O3S2. The molecule has 0 radical (unpaired) electrons. The lowest BCUT2D eigenvalue weighted by Gasteiger charge is -2.08. The number of halogens is 3. The second kappa shape index (κ2) is 5.05. The first-order valence-electron chi connectivity index (χ1n) is 4.65. The summed E-state index contributed by atoms with van der Waals surface area (Å²) in [7, 11) is -4.13. The van der Waals surface area contributed by atoms with Crippen LogP contribution in [0.1, 0.15) is 17.5 Å². The largest absolute Gasteiger partial charge is 0.741 e. The smallest absolute Gasteiger partial charge is 0.485 e. The van der Waals surface area contributed by atoms with Crippen molar-refractivity contribution in [2.24, 2.45) is 7.05 Å². The Bertz CT molecular complexity index is 526. The average molecular weight is 305 g/mol. The molecule has 0 saturated carbocycles.